The van der Waals surface area contributed by atoms with Crippen LogP contribution in [0.2, 0.25) is 0 Å². The van der Waals surface area contributed by atoms with Gasteiger partial charge in [0.15, 0.2) is 11.6 Å². The second kappa shape index (κ2) is 5.02. The Labute approximate surface area is 104 Å². The van der Waals surface area contributed by atoms with E-state index in [-0.39, 0.29) is 11.5 Å². The third-order valence-electron chi connectivity index (χ3n) is 3.49. The van der Waals surface area contributed by atoms with Crippen molar-refractivity contribution in [2.75, 3.05) is 6.54 Å². The summed E-state index contributed by atoms with van der Waals surface area (Å²) in [5.74, 6) is -2.22. The third kappa shape index (κ3) is 2.36. The van der Waals surface area contributed by atoms with Crippen molar-refractivity contribution in [1.29, 1.82) is 0 Å². The number of amides is 1. The van der Waals surface area contributed by atoms with E-state index in [1.165, 1.54) is 6.92 Å². The minimum atomic E-state index is -0.804. The lowest BCUT2D eigenvalue weighted by Crippen LogP contribution is -2.46. The molecule has 0 spiro atoms. The Bertz CT molecular complexity index is 476. The van der Waals surface area contributed by atoms with E-state index in [1.807, 2.05) is 0 Å². The SMILES string of the molecule is Cc1ccc(C2CCNC(C(N)=O)C2)c(F)c1F. The zero-order chi connectivity index (χ0) is 13.3. The van der Waals surface area contributed by atoms with E-state index in [9.17, 15) is 13.6 Å². The van der Waals surface area contributed by atoms with Gasteiger partial charge in [-0.05, 0) is 43.4 Å². The number of aryl methyl sites for hydroxylation is 1. The first-order chi connectivity index (χ1) is 8.50. The molecule has 0 aromatic heterocycles. The topological polar surface area (TPSA) is 55.1 Å². The Kier molecular flexibility index (Phi) is 3.61. The van der Waals surface area contributed by atoms with Gasteiger partial charge < -0.3 is 11.1 Å². The molecule has 1 aliphatic heterocycles. The molecule has 0 aliphatic carbocycles. The molecule has 0 radical (unpaired) electrons. The van der Waals surface area contributed by atoms with Gasteiger partial charge in [0.05, 0.1) is 6.04 Å². The number of carbonyl (C=O) groups excluding carboxylic acids is 1. The van der Waals surface area contributed by atoms with Crippen LogP contribution in [0.15, 0.2) is 12.1 Å². The molecule has 1 heterocycles. The van der Waals surface area contributed by atoms with Gasteiger partial charge in [0.25, 0.3) is 0 Å². The van der Waals surface area contributed by atoms with Crippen molar-refractivity contribution in [3.8, 4) is 0 Å². The number of nitrogens with one attached hydrogen (secondary N) is 1. The van der Waals surface area contributed by atoms with Crippen LogP contribution in [-0.4, -0.2) is 18.5 Å². The minimum absolute atomic E-state index is 0.168. The van der Waals surface area contributed by atoms with E-state index in [0.29, 0.717) is 24.9 Å². The molecule has 5 heteroatoms. The fourth-order valence-corrected chi connectivity index (χ4v) is 2.39. The lowest BCUT2D eigenvalue weighted by Gasteiger charge is -2.29. The second-order valence-electron chi connectivity index (χ2n) is 4.73. The molecule has 1 aromatic carbocycles. The van der Waals surface area contributed by atoms with Crippen molar-refractivity contribution in [2.24, 2.45) is 5.73 Å². The number of halogens is 2. The molecule has 1 saturated heterocycles. The highest BCUT2D eigenvalue weighted by Crippen LogP contribution is 2.31. The summed E-state index contributed by atoms with van der Waals surface area (Å²) < 4.78 is 27.4. The molecule has 3 N–H and O–H groups in total. The van der Waals surface area contributed by atoms with E-state index in [0.717, 1.165) is 0 Å². The van der Waals surface area contributed by atoms with Crippen molar-refractivity contribution >= 4 is 5.91 Å². The molecule has 0 saturated carbocycles. The van der Waals surface area contributed by atoms with Crippen LogP contribution < -0.4 is 11.1 Å². The van der Waals surface area contributed by atoms with E-state index in [1.54, 1.807) is 12.1 Å². The summed E-state index contributed by atoms with van der Waals surface area (Å²) in [6.07, 6.45) is 1.08. The quantitative estimate of drug-likeness (QED) is 0.842. The molecule has 98 valence electrons. The van der Waals surface area contributed by atoms with E-state index >= 15 is 0 Å². The summed E-state index contributed by atoms with van der Waals surface area (Å²) in [5, 5.41) is 2.97. The first kappa shape index (κ1) is 13.0. The van der Waals surface area contributed by atoms with Gasteiger partial charge in [-0.3, -0.25) is 4.79 Å². The van der Waals surface area contributed by atoms with Gasteiger partial charge in [-0.25, -0.2) is 8.78 Å². The number of benzene rings is 1. The van der Waals surface area contributed by atoms with Crippen molar-refractivity contribution in [2.45, 2.75) is 31.7 Å². The predicted octanol–water partition coefficient (Wildman–Crippen LogP) is 1.59. The Morgan fingerprint density at radius 2 is 2.11 bits per heavy atom. The standard InChI is InChI=1S/C13H16F2N2O/c1-7-2-3-9(12(15)11(7)14)8-4-5-17-10(6-8)13(16)18/h2-3,8,10,17H,4-6H2,1H3,(H2,16,18). The number of primary amides is 1. The monoisotopic (exact) mass is 254 g/mol. The van der Waals surface area contributed by atoms with Crippen LogP contribution in [0.3, 0.4) is 0 Å². The normalized spacial score (nSPS) is 23.9. The van der Waals surface area contributed by atoms with Gasteiger partial charge in [-0.1, -0.05) is 12.1 Å². The van der Waals surface area contributed by atoms with Gasteiger partial charge in [0.2, 0.25) is 5.91 Å². The zero-order valence-electron chi connectivity index (χ0n) is 10.2. The van der Waals surface area contributed by atoms with Crippen LogP contribution in [0.4, 0.5) is 8.78 Å². The molecule has 2 unspecified atom stereocenters. The van der Waals surface area contributed by atoms with Crippen molar-refractivity contribution in [3.63, 3.8) is 0 Å². The first-order valence-corrected chi connectivity index (χ1v) is 5.98. The summed E-state index contributed by atoms with van der Waals surface area (Å²) in [5.41, 5.74) is 5.86. The largest absolute Gasteiger partial charge is 0.368 e. The molecule has 1 fully saturated rings. The molecule has 2 rings (SSSR count). The molecule has 3 nitrogen and oxygen atoms in total. The predicted molar refractivity (Wildman–Crippen MR) is 64.1 cm³/mol. The van der Waals surface area contributed by atoms with E-state index in [4.69, 9.17) is 5.73 Å². The van der Waals surface area contributed by atoms with E-state index < -0.39 is 23.6 Å². The highest BCUT2D eigenvalue weighted by molar-refractivity contribution is 5.80. The van der Waals surface area contributed by atoms with Crippen LogP contribution >= 0.6 is 0 Å². The van der Waals surface area contributed by atoms with Crippen molar-refractivity contribution < 1.29 is 13.6 Å². The van der Waals surface area contributed by atoms with E-state index in [2.05, 4.69) is 5.32 Å². The summed E-state index contributed by atoms with van der Waals surface area (Å²) >= 11 is 0. The highest BCUT2D eigenvalue weighted by Gasteiger charge is 2.28. The summed E-state index contributed by atoms with van der Waals surface area (Å²) in [6.45, 7) is 2.10. The maximum absolute atomic E-state index is 13.9. The smallest absolute Gasteiger partial charge is 0.234 e. The number of piperidine rings is 1. The Hall–Kier alpha value is -1.49. The number of nitrogens with two attached hydrogens (primary N) is 1. The number of hydrogen-bond acceptors (Lipinski definition) is 2. The van der Waals surface area contributed by atoms with Crippen LogP contribution in [0.5, 0.6) is 0 Å². The minimum Gasteiger partial charge on any atom is -0.368 e. The molecule has 1 aromatic rings. The average Bonchev–Trinajstić information content (AvgIpc) is 2.36. The fraction of sp³-hybridized carbons (Fsp3) is 0.462. The van der Waals surface area contributed by atoms with Gasteiger partial charge >= 0.3 is 0 Å². The number of rotatable bonds is 2. The summed E-state index contributed by atoms with van der Waals surface area (Å²) in [4.78, 5) is 11.1. The third-order valence-corrected chi connectivity index (χ3v) is 3.49. The van der Waals surface area contributed by atoms with Crippen LogP contribution in [-0.2, 0) is 4.79 Å². The average molecular weight is 254 g/mol. The van der Waals surface area contributed by atoms with Crippen LogP contribution in [0.25, 0.3) is 0 Å². The van der Waals surface area contributed by atoms with Gasteiger partial charge in [-0.2, -0.15) is 0 Å². The number of carbonyl (C=O) groups is 1. The van der Waals surface area contributed by atoms with Gasteiger partial charge in [-0.15, -0.1) is 0 Å². The van der Waals surface area contributed by atoms with Gasteiger partial charge in [0, 0.05) is 0 Å². The van der Waals surface area contributed by atoms with Crippen LogP contribution in [0, 0.1) is 18.6 Å². The summed E-state index contributed by atoms with van der Waals surface area (Å²) in [7, 11) is 0. The maximum atomic E-state index is 13.9. The van der Waals surface area contributed by atoms with Crippen molar-refractivity contribution in [1.82, 2.24) is 5.32 Å². The Balaban J connectivity index is 2.26. The van der Waals surface area contributed by atoms with Crippen molar-refractivity contribution in [3.05, 3.63) is 34.9 Å². The lowest BCUT2D eigenvalue weighted by atomic mass is 9.85. The molecular weight excluding hydrogens is 238 g/mol. The molecule has 1 amide bonds. The molecule has 1 aliphatic rings. The lowest BCUT2D eigenvalue weighted by molar-refractivity contribution is -0.120. The Morgan fingerprint density at radius 3 is 2.78 bits per heavy atom. The molecule has 2 atom stereocenters. The fourth-order valence-electron chi connectivity index (χ4n) is 2.39. The molecule has 0 bridgehead atoms. The second-order valence-corrected chi connectivity index (χ2v) is 4.73. The highest BCUT2D eigenvalue weighted by atomic mass is 19.2. The first-order valence-electron chi connectivity index (χ1n) is 5.98. The summed E-state index contributed by atoms with van der Waals surface area (Å²) in [6, 6.07) is 2.70. The van der Waals surface area contributed by atoms with Gasteiger partial charge in [0.1, 0.15) is 0 Å². The molecule has 18 heavy (non-hydrogen) atoms. The Morgan fingerprint density at radius 1 is 1.39 bits per heavy atom. The van der Waals surface area contributed by atoms with Crippen LogP contribution in [0.1, 0.15) is 29.9 Å². The molecular formula is C13H16F2N2O. The number of hydrogen-bond donors (Lipinski definition) is 2. The maximum Gasteiger partial charge on any atom is 0.234 e. The zero-order valence-corrected chi connectivity index (χ0v) is 10.2.